The lowest BCUT2D eigenvalue weighted by molar-refractivity contribution is -0.00527. The minimum atomic E-state index is -0.0297. The molecule has 358 valence electrons. The summed E-state index contributed by atoms with van der Waals surface area (Å²) in [6.45, 7) is -0.0297. The summed E-state index contributed by atoms with van der Waals surface area (Å²) in [5.41, 5.74) is 23.9. The van der Waals surface area contributed by atoms with Crippen LogP contribution in [0.5, 0.6) is 0 Å². The van der Waals surface area contributed by atoms with E-state index in [-0.39, 0.29) is 6.71 Å². The summed E-state index contributed by atoms with van der Waals surface area (Å²) in [5.74, 6) is 2.71. The molecule has 0 aromatic heterocycles. The fourth-order valence-corrected chi connectivity index (χ4v) is 16.2. The van der Waals surface area contributed by atoms with Crippen molar-refractivity contribution in [1.82, 2.24) is 0 Å². The molecule has 17 rings (SSSR count). The van der Waals surface area contributed by atoms with Gasteiger partial charge < -0.3 is 14.7 Å². The molecule has 5 heteroatoms. The lowest BCUT2D eigenvalue weighted by Gasteiger charge is -2.57. The number of hydrogen-bond acceptors (Lipinski definition) is 4. The fraction of sp³-hybridized carbons (Fsp3) is 0.143. The Balaban J connectivity index is 0.893. The molecule has 0 N–H and O–H groups in total. The van der Waals surface area contributed by atoms with Crippen LogP contribution in [-0.4, -0.2) is 6.71 Å². The van der Waals surface area contributed by atoms with Crippen molar-refractivity contribution in [2.24, 2.45) is 17.8 Å². The van der Waals surface area contributed by atoms with Crippen molar-refractivity contribution >= 4 is 86.0 Å². The van der Waals surface area contributed by atoms with E-state index in [2.05, 4.69) is 251 Å². The number of nitrogens with zero attached hydrogens (tertiary/aromatic N) is 3. The molecule has 7 aliphatic rings. The maximum Gasteiger partial charge on any atom is 0.252 e. The van der Waals surface area contributed by atoms with E-state index >= 15 is 0 Å². The van der Waals surface area contributed by atoms with Gasteiger partial charge in [0.25, 0.3) is 6.71 Å². The van der Waals surface area contributed by atoms with E-state index < -0.39 is 0 Å². The molecule has 0 unspecified atom stereocenters. The molecule has 0 atom stereocenters. The molecule has 4 fully saturated rings. The Kier molecular flexibility index (Phi) is 9.86. The number of fused-ring (bicyclic) bond motifs is 6. The molecule has 10 aromatic carbocycles. The van der Waals surface area contributed by atoms with E-state index in [1.165, 1.54) is 138 Å². The van der Waals surface area contributed by atoms with Crippen molar-refractivity contribution in [3.05, 3.63) is 242 Å². The van der Waals surface area contributed by atoms with Crippen LogP contribution in [0, 0.1) is 17.8 Å². The normalized spacial score (nSPS) is 20.2. The second kappa shape index (κ2) is 17.0. The van der Waals surface area contributed by atoms with Crippen molar-refractivity contribution < 1.29 is 0 Å². The first-order chi connectivity index (χ1) is 37.1. The summed E-state index contributed by atoms with van der Waals surface area (Å²) < 4.78 is 0. The Morgan fingerprint density at radius 1 is 0.333 bits per heavy atom. The van der Waals surface area contributed by atoms with Crippen LogP contribution >= 0.6 is 11.8 Å². The second-order valence-electron chi connectivity index (χ2n) is 22.3. The van der Waals surface area contributed by atoms with Gasteiger partial charge in [-0.25, -0.2) is 0 Å². The molecular formula is C70H54BN3S. The summed E-state index contributed by atoms with van der Waals surface area (Å²) in [6, 6.07) is 89.1. The summed E-state index contributed by atoms with van der Waals surface area (Å²) >= 11 is 1.96. The van der Waals surface area contributed by atoms with E-state index in [0.29, 0.717) is 5.41 Å². The van der Waals surface area contributed by atoms with Gasteiger partial charge in [0.15, 0.2) is 0 Å². The summed E-state index contributed by atoms with van der Waals surface area (Å²) in [6.07, 6.45) is 8.48. The van der Waals surface area contributed by atoms with Gasteiger partial charge >= 0.3 is 0 Å². The molecule has 3 aliphatic heterocycles. The molecule has 0 radical (unpaired) electrons. The highest BCUT2D eigenvalue weighted by molar-refractivity contribution is 7.99. The van der Waals surface area contributed by atoms with Gasteiger partial charge in [-0.05, 0) is 196 Å². The zero-order chi connectivity index (χ0) is 49.2. The predicted molar refractivity (Wildman–Crippen MR) is 315 cm³/mol. The monoisotopic (exact) mass is 979 g/mol. The van der Waals surface area contributed by atoms with Crippen LogP contribution < -0.4 is 31.1 Å². The smallest absolute Gasteiger partial charge is 0.252 e. The third kappa shape index (κ3) is 6.97. The van der Waals surface area contributed by atoms with Crippen LogP contribution in [-0.2, 0) is 5.41 Å². The molecule has 0 spiro atoms. The second-order valence-corrected chi connectivity index (χ2v) is 23.4. The SMILES string of the molecule is c1ccc(-c2ccc(N3c4ccc(-c5ccccc5)cc4B4c5ccc(N6c7ccccc7Sc7cc(C89CC%10CC(CC(C%10)C8)C9)ccc76)cc5N(c5ccc(-c6ccccc6)cc5)c5cccc3c54)cc2)cc1. The third-order valence-corrected chi connectivity index (χ3v) is 19.1. The molecule has 3 nitrogen and oxygen atoms in total. The molecule has 10 aromatic rings. The fourth-order valence-electron chi connectivity index (χ4n) is 15.1. The molecule has 75 heavy (non-hydrogen) atoms. The minimum absolute atomic E-state index is 0.0297. The van der Waals surface area contributed by atoms with Crippen LogP contribution in [0.25, 0.3) is 33.4 Å². The van der Waals surface area contributed by atoms with Crippen molar-refractivity contribution in [3.8, 4) is 33.4 Å². The average molecular weight is 980 g/mol. The lowest BCUT2D eigenvalue weighted by atomic mass is 9.33. The Morgan fingerprint density at radius 2 is 0.800 bits per heavy atom. The first-order valence-electron chi connectivity index (χ1n) is 27.2. The van der Waals surface area contributed by atoms with Crippen molar-refractivity contribution in [1.29, 1.82) is 0 Å². The highest BCUT2D eigenvalue weighted by Crippen LogP contribution is 2.62. The van der Waals surface area contributed by atoms with Crippen LogP contribution in [0.3, 0.4) is 0 Å². The van der Waals surface area contributed by atoms with Gasteiger partial charge in [-0.15, -0.1) is 0 Å². The Bertz CT molecular complexity index is 3820. The zero-order valence-electron chi connectivity index (χ0n) is 41.8. The Hall–Kier alpha value is -7.99. The largest absolute Gasteiger partial charge is 0.311 e. The van der Waals surface area contributed by atoms with Gasteiger partial charge in [-0.3, -0.25) is 0 Å². The van der Waals surface area contributed by atoms with E-state index in [4.69, 9.17) is 0 Å². The maximum absolute atomic E-state index is 2.62. The number of hydrogen-bond donors (Lipinski definition) is 0. The van der Waals surface area contributed by atoms with Crippen molar-refractivity contribution in [3.63, 3.8) is 0 Å². The van der Waals surface area contributed by atoms with Gasteiger partial charge in [0, 0.05) is 49.6 Å². The first-order valence-corrected chi connectivity index (χ1v) is 28.0. The number of rotatable bonds is 7. The molecule has 3 heterocycles. The van der Waals surface area contributed by atoms with Crippen LogP contribution in [0.2, 0.25) is 0 Å². The first kappa shape index (κ1) is 43.4. The highest BCUT2D eigenvalue weighted by atomic mass is 32.2. The highest BCUT2D eigenvalue weighted by Gasteiger charge is 2.52. The average Bonchev–Trinajstić information content (AvgIpc) is 3.54. The quantitative estimate of drug-likeness (QED) is 0.147. The molecule has 0 saturated heterocycles. The molecule has 4 bridgehead atoms. The zero-order valence-corrected chi connectivity index (χ0v) is 42.6. The number of benzene rings is 10. The molecular weight excluding hydrogens is 926 g/mol. The maximum atomic E-state index is 2.62. The number of anilines is 9. The number of para-hydroxylation sites is 1. The van der Waals surface area contributed by atoms with E-state index in [9.17, 15) is 0 Å². The molecule has 4 saturated carbocycles. The summed E-state index contributed by atoms with van der Waals surface area (Å²) in [7, 11) is 0. The standard InChI is InChI=1S/C70H54BN3S/c1-4-13-49(14-5-1)52-23-29-56(30-24-52)72-61-35-27-54(51-17-8-3-9-18-51)40-60(61)71-59-34-33-58(42-66(59)73(65-21-12-20-64(72)69(65)71)57-31-25-53(26-32-57)50-15-6-2-7-16-50)74-62-19-10-11-22-67(62)75-68-41-55(28-36-63(68)74)70-43-46-37-47(44-70)39-48(38-46)45-70/h1-36,40-42,46-48H,37-39,43-45H2. The summed E-state index contributed by atoms with van der Waals surface area (Å²) in [4.78, 5) is 10.3. The minimum Gasteiger partial charge on any atom is -0.311 e. The predicted octanol–water partition coefficient (Wildman–Crippen LogP) is 17.2. The molecule has 4 aliphatic carbocycles. The van der Waals surface area contributed by atoms with Gasteiger partial charge in [-0.2, -0.15) is 0 Å². The topological polar surface area (TPSA) is 9.72 Å². The Labute approximate surface area is 445 Å². The van der Waals surface area contributed by atoms with Gasteiger partial charge in [0.1, 0.15) is 0 Å². The van der Waals surface area contributed by atoms with Crippen molar-refractivity contribution in [2.45, 2.75) is 53.7 Å². The van der Waals surface area contributed by atoms with Crippen LogP contribution in [0.4, 0.5) is 51.2 Å². The van der Waals surface area contributed by atoms with Crippen molar-refractivity contribution in [2.75, 3.05) is 14.7 Å². The Morgan fingerprint density at radius 3 is 1.41 bits per heavy atom. The van der Waals surface area contributed by atoms with Gasteiger partial charge in [0.2, 0.25) is 0 Å². The lowest BCUT2D eigenvalue weighted by Crippen LogP contribution is -2.61. The van der Waals surface area contributed by atoms with Gasteiger partial charge in [-0.1, -0.05) is 169 Å². The van der Waals surface area contributed by atoms with Crippen LogP contribution in [0.15, 0.2) is 246 Å². The third-order valence-electron chi connectivity index (χ3n) is 18.0. The summed E-state index contributed by atoms with van der Waals surface area (Å²) in [5, 5.41) is 0. The van der Waals surface area contributed by atoms with E-state index in [0.717, 1.165) is 29.1 Å². The van der Waals surface area contributed by atoms with Gasteiger partial charge in [0.05, 0.1) is 11.4 Å². The molecule has 0 amide bonds. The van der Waals surface area contributed by atoms with E-state index in [1.54, 1.807) is 5.56 Å². The van der Waals surface area contributed by atoms with E-state index in [1.807, 2.05) is 11.8 Å². The van der Waals surface area contributed by atoms with Crippen LogP contribution in [0.1, 0.15) is 44.1 Å².